The van der Waals surface area contributed by atoms with Gasteiger partial charge in [-0.25, -0.2) is 0 Å². The Labute approximate surface area is 69.1 Å². The molecular weight excluding hydrogens is 134 g/mol. The van der Waals surface area contributed by atoms with Crippen LogP contribution < -0.4 is 0 Å². The smallest absolute Gasteiger partial charge is 0.0308 e. The lowest BCUT2D eigenvalue weighted by molar-refractivity contribution is 0.156. The van der Waals surface area contributed by atoms with Gasteiger partial charge in [-0.1, -0.05) is 11.6 Å². The monoisotopic (exact) mass is 151 g/mol. The minimum absolute atomic E-state index is 0.490. The highest BCUT2D eigenvalue weighted by atomic mass is 15.2. The van der Waals surface area contributed by atoms with E-state index in [0.29, 0.717) is 5.54 Å². The van der Waals surface area contributed by atoms with Gasteiger partial charge in [0.25, 0.3) is 0 Å². The van der Waals surface area contributed by atoms with Crippen LogP contribution in [0.1, 0.15) is 33.1 Å². The Hall–Kier alpha value is -0.300. The SMILES string of the molecule is CC1=CCC2(C)CCC1N2C. The van der Waals surface area contributed by atoms with Crippen molar-refractivity contribution in [1.82, 2.24) is 4.90 Å². The molecule has 1 nitrogen and oxygen atoms in total. The molecule has 1 saturated heterocycles. The van der Waals surface area contributed by atoms with Crippen molar-refractivity contribution in [2.75, 3.05) is 7.05 Å². The molecule has 0 saturated carbocycles. The standard InChI is InChI=1S/C10H17N/c1-8-4-6-10(2)7-5-9(8)11(10)3/h4,9H,5-7H2,1-3H3. The molecule has 2 aliphatic heterocycles. The number of likely N-dealkylation sites (N-methyl/N-ethyl adjacent to an activating group) is 1. The molecule has 2 aliphatic rings. The quantitative estimate of drug-likeness (QED) is 0.480. The third-order valence-corrected chi connectivity index (χ3v) is 3.66. The van der Waals surface area contributed by atoms with Crippen molar-refractivity contribution < 1.29 is 0 Å². The predicted octanol–water partition coefficient (Wildman–Crippen LogP) is 2.19. The molecule has 11 heavy (non-hydrogen) atoms. The molecular formula is C10H17N. The summed E-state index contributed by atoms with van der Waals surface area (Å²) in [5.74, 6) is 0. The second-order valence-corrected chi connectivity index (χ2v) is 4.31. The number of nitrogens with zero attached hydrogens (tertiary/aromatic N) is 1. The van der Waals surface area contributed by atoms with Crippen LogP contribution in [0.5, 0.6) is 0 Å². The van der Waals surface area contributed by atoms with E-state index in [1.807, 2.05) is 0 Å². The van der Waals surface area contributed by atoms with Crippen molar-refractivity contribution >= 4 is 0 Å². The van der Waals surface area contributed by atoms with E-state index >= 15 is 0 Å². The summed E-state index contributed by atoms with van der Waals surface area (Å²) in [7, 11) is 2.27. The molecule has 2 heterocycles. The van der Waals surface area contributed by atoms with Crippen molar-refractivity contribution in [2.45, 2.75) is 44.7 Å². The third kappa shape index (κ3) is 0.871. The van der Waals surface area contributed by atoms with Crippen molar-refractivity contribution in [3.8, 4) is 0 Å². The van der Waals surface area contributed by atoms with E-state index < -0.39 is 0 Å². The first kappa shape index (κ1) is 7.35. The summed E-state index contributed by atoms with van der Waals surface area (Å²) in [5.41, 5.74) is 2.08. The molecule has 0 aromatic heterocycles. The van der Waals surface area contributed by atoms with E-state index in [1.54, 1.807) is 5.57 Å². The molecule has 0 aromatic rings. The number of hydrogen-bond donors (Lipinski definition) is 0. The molecule has 2 atom stereocenters. The highest BCUT2D eigenvalue weighted by Gasteiger charge is 2.42. The number of hydrogen-bond acceptors (Lipinski definition) is 1. The minimum atomic E-state index is 0.490. The van der Waals surface area contributed by atoms with E-state index in [4.69, 9.17) is 0 Å². The maximum Gasteiger partial charge on any atom is 0.0308 e. The van der Waals surface area contributed by atoms with Crippen molar-refractivity contribution in [2.24, 2.45) is 0 Å². The maximum absolute atomic E-state index is 2.56. The van der Waals surface area contributed by atoms with Gasteiger partial charge >= 0.3 is 0 Å². The Morgan fingerprint density at radius 1 is 1.64 bits per heavy atom. The molecule has 62 valence electrons. The molecule has 1 fully saturated rings. The van der Waals surface area contributed by atoms with Gasteiger partial charge in [0.1, 0.15) is 0 Å². The molecule has 0 radical (unpaired) electrons. The fourth-order valence-electron chi connectivity index (χ4n) is 2.49. The summed E-state index contributed by atoms with van der Waals surface area (Å²) in [6.45, 7) is 4.65. The number of rotatable bonds is 0. The van der Waals surface area contributed by atoms with Crippen molar-refractivity contribution in [3.63, 3.8) is 0 Å². The zero-order chi connectivity index (χ0) is 8.06. The van der Waals surface area contributed by atoms with Crippen molar-refractivity contribution in [1.29, 1.82) is 0 Å². The van der Waals surface area contributed by atoms with Crippen LogP contribution in [0.2, 0.25) is 0 Å². The Balaban J connectivity index is 2.34. The van der Waals surface area contributed by atoms with E-state index in [9.17, 15) is 0 Å². The molecule has 2 bridgehead atoms. The first-order valence-corrected chi connectivity index (χ1v) is 4.53. The number of fused-ring (bicyclic) bond motifs is 2. The zero-order valence-corrected chi connectivity index (χ0v) is 7.72. The molecule has 0 aliphatic carbocycles. The Bertz CT molecular complexity index is 207. The molecule has 2 unspecified atom stereocenters. The topological polar surface area (TPSA) is 3.24 Å². The second kappa shape index (κ2) is 2.10. The average molecular weight is 151 g/mol. The Morgan fingerprint density at radius 3 is 3.00 bits per heavy atom. The maximum atomic E-state index is 2.56. The fourth-order valence-corrected chi connectivity index (χ4v) is 2.49. The van der Waals surface area contributed by atoms with Gasteiger partial charge in [-0.2, -0.15) is 0 Å². The first-order chi connectivity index (χ1) is 5.13. The van der Waals surface area contributed by atoms with Crippen LogP contribution >= 0.6 is 0 Å². The molecule has 0 spiro atoms. The van der Waals surface area contributed by atoms with Gasteiger partial charge in [-0.3, -0.25) is 4.90 Å². The fraction of sp³-hybridized carbons (Fsp3) is 0.800. The molecule has 0 aromatic carbocycles. The lowest BCUT2D eigenvalue weighted by Gasteiger charge is -2.38. The van der Waals surface area contributed by atoms with Crippen LogP contribution in [0.4, 0.5) is 0 Å². The lowest BCUT2D eigenvalue weighted by atomic mass is 9.93. The van der Waals surface area contributed by atoms with Gasteiger partial charge in [-0.15, -0.1) is 0 Å². The molecule has 0 N–H and O–H groups in total. The van der Waals surface area contributed by atoms with E-state index in [0.717, 1.165) is 6.04 Å². The Morgan fingerprint density at radius 2 is 2.36 bits per heavy atom. The van der Waals surface area contributed by atoms with Crippen LogP contribution in [0.3, 0.4) is 0 Å². The van der Waals surface area contributed by atoms with E-state index in [-0.39, 0.29) is 0 Å². The lowest BCUT2D eigenvalue weighted by Crippen LogP contribution is -2.44. The van der Waals surface area contributed by atoms with Crippen molar-refractivity contribution in [3.05, 3.63) is 11.6 Å². The van der Waals surface area contributed by atoms with E-state index in [2.05, 4.69) is 31.9 Å². The average Bonchev–Trinajstić information content (AvgIpc) is 2.14. The van der Waals surface area contributed by atoms with Crippen LogP contribution in [-0.4, -0.2) is 23.5 Å². The third-order valence-electron chi connectivity index (χ3n) is 3.66. The summed E-state index contributed by atoms with van der Waals surface area (Å²) in [4.78, 5) is 2.56. The zero-order valence-electron chi connectivity index (χ0n) is 7.72. The Kier molecular flexibility index (Phi) is 1.40. The van der Waals surface area contributed by atoms with Crippen LogP contribution in [-0.2, 0) is 0 Å². The van der Waals surface area contributed by atoms with Gasteiger partial charge in [0, 0.05) is 11.6 Å². The summed E-state index contributed by atoms with van der Waals surface area (Å²) in [6, 6.07) is 0.758. The van der Waals surface area contributed by atoms with Gasteiger partial charge in [-0.05, 0) is 40.2 Å². The highest BCUT2D eigenvalue weighted by Crippen LogP contribution is 2.41. The minimum Gasteiger partial charge on any atom is -0.294 e. The van der Waals surface area contributed by atoms with E-state index in [1.165, 1.54) is 19.3 Å². The van der Waals surface area contributed by atoms with Gasteiger partial charge in [0.05, 0.1) is 0 Å². The second-order valence-electron chi connectivity index (χ2n) is 4.31. The van der Waals surface area contributed by atoms with Crippen LogP contribution in [0.25, 0.3) is 0 Å². The van der Waals surface area contributed by atoms with Crippen LogP contribution in [0, 0.1) is 0 Å². The summed E-state index contributed by atoms with van der Waals surface area (Å²) < 4.78 is 0. The largest absolute Gasteiger partial charge is 0.294 e. The van der Waals surface area contributed by atoms with Gasteiger partial charge < -0.3 is 0 Å². The summed E-state index contributed by atoms with van der Waals surface area (Å²) in [6.07, 6.45) is 6.43. The summed E-state index contributed by atoms with van der Waals surface area (Å²) in [5, 5.41) is 0. The molecule has 2 rings (SSSR count). The molecule has 0 amide bonds. The highest BCUT2D eigenvalue weighted by molar-refractivity contribution is 5.20. The predicted molar refractivity (Wildman–Crippen MR) is 47.6 cm³/mol. The first-order valence-electron chi connectivity index (χ1n) is 4.53. The van der Waals surface area contributed by atoms with Gasteiger partial charge in [0.15, 0.2) is 0 Å². The summed E-state index contributed by atoms with van der Waals surface area (Å²) >= 11 is 0. The van der Waals surface area contributed by atoms with Gasteiger partial charge in [0.2, 0.25) is 0 Å². The van der Waals surface area contributed by atoms with Crippen LogP contribution in [0.15, 0.2) is 11.6 Å². The normalized spacial score (nSPS) is 44.3. The molecule has 1 heteroatoms.